The fraction of sp³-hybridized carbons (Fsp3) is 0.538. The van der Waals surface area contributed by atoms with E-state index in [4.69, 9.17) is 15.9 Å². The molecule has 4 nitrogen and oxygen atoms in total. The Morgan fingerprint density at radius 1 is 1.53 bits per heavy atom. The standard InChI is InChI=1S/C13H18N3O/c1-9-2-3-13(12(14)15)8-10(13)11(9)16-4-6-17-7-5-16/h2-3,9H,1,4-8H2,(H3,14,15). The number of amidine groups is 1. The first kappa shape index (κ1) is 10.8. The summed E-state index contributed by atoms with van der Waals surface area (Å²) in [5, 5.41) is 7.73. The van der Waals surface area contributed by atoms with Crippen LogP contribution in [0.3, 0.4) is 0 Å². The van der Waals surface area contributed by atoms with E-state index in [-0.39, 0.29) is 17.2 Å². The van der Waals surface area contributed by atoms with Crippen molar-refractivity contribution in [2.75, 3.05) is 26.3 Å². The normalized spacial score (nSPS) is 35.8. The van der Waals surface area contributed by atoms with Crippen LogP contribution in [0.1, 0.15) is 6.42 Å². The van der Waals surface area contributed by atoms with Gasteiger partial charge >= 0.3 is 0 Å². The number of rotatable bonds is 2. The van der Waals surface area contributed by atoms with Gasteiger partial charge in [-0.3, -0.25) is 5.41 Å². The molecule has 2 atom stereocenters. The molecule has 3 N–H and O–H groups in total. The van der Waals surface area contributed by atoms with Crippen LogP contribution in [0.25, 0.3) is 0 Å². The molecule has 0 aromatic rings. The number of morpholine rings is 1. The maximum Gasteiger partial charge on any atom is 0.105 e. The van der Waals surface area contributed by atoms with Crippen LogP contribution in [0.4, 0.5) is 0 Å². The van der Waals surface area contributed by atoms with Gasteiger partial charge in [0.05, 0.1) is 18.6 Å². The third-order valence-electron chi connectivity index (χ3n) is 3.97. The van der Waals surface area contributed by atoms with Gasteiger partial charge in [0, 0.05) is 24.7 Å². The molecule has 3 rings (SSSR count). The van der Waals surface area contributed by atoms with Crippen molar-refractivity contribution in [1.29, 1.82) is 5.41 Å². The van der Waals surface area contributed by atoms with Crippen LogP contribution in [-0.2, 0) is 4.74 Å². The van der Waals surface area contributed by atoms with Gasteiger partial charge in [0.1, 0.15) is 5.84 Å². The fourth-order valence-electron chi connectivity index (χ4n) is 2.89. The lowest BCUT2D eigenvalue weighted by Gasteiger charge is -2.35. The quantitative estimate of drug-likeness (QED) is 0.423. The van der Waals surface area contributed by atoms with Gasteiger partial charge in [0.15, 0.2) is 0 Å². The minimum absolute atomic E-state index is 0.193. The lowest BCUT2D eigenvalue weighted by atomic mass is 9.91. The summed E-state index contributed by atoms with van der Waals surface area (Å²) in [5.74, 6) is 0.458. The molecule has 1 saturated carbocycles. The second-order valence-electron chi connectivity index (χ2n) is 4.99. The van der Waals surface area contributed by atoms with Gasteiger partial charge in [-0.1, -0.05) is 12.2 Å². The summed E-state index contributed by atoms with van der Waals surface area (Å²) < 4.78 is 5.38. The molecule has 0 aromatic carbocycles. The Morgan fingerprint density at radius 2 is 2.24 bits per heavy atom. The molecule has 3 aliphatic rings. The molecule has 4 heteroatoms. The molecule has 0 spiro atoms. The molecule has 1 aliphatic heterocycles. The number of nitrogens with two attached hydrogens (primary N) is 1. The number of nitrogens with one attached hydrogen (secondary N) is 1. The van der Waals surface area contributed by atoms with Gasteiger partial charge in [-0.05, 0) is 18.9 Å². The molecular formula is C13H18N3O. The predicted molar refractivity (Wildman–Crippen MR) is 66.4 cm³/mol. The second-order valence-corrected chi connectivity index (χ2v) is 4.99. The molecule has 2 unspecified atom stereocenters. The molecule has 0 aromatic heterocycles. The Bertz CT molecular complexity index is 420. The van der Waals surface area contributed by atoms with Gasteiger partial charge in [-0.15, -0.1) is 0 Å². The van der Waals surface area contributed by atoms with Gasteiger partial charge in [-0.2, -0.15) is 0 Å². The Kier molecular flexibility index (Phi) is 2.30. The zero-order valence-corrected chi connectivity index (χ0v) is 9.91. The van der Waals surface area contributed by atoms with Crippen LogP contribution in [0.5, 0.6) is 0 Å². The smallest absolute Gasteiger partial charge is 0.105 e. The van der Waals surface area contributed by atoms with E-state index in [0.29, 0.717) is 0 Å². The van der Waals surface area contributed by atoms with Gasteiger partial charge in [0.25, 0.3) is 0 Å². The highest BCUT2D eigenvalue weighted by molar-refractivity contribution is 5.95. The van der Waals surface area contributed by atoms with Crippen LogP contribution in [0, 0.1) is 23.7 Å². The summed E-state index contributed by atoms with van der Waals surface area (Å²) in [4.78, 5) is 2.35. The lowest BCUT2D eigenvalue weighted by Crippen LogP contribution is -2.38. The zero-order valence-electron chi connectivity index (χ0n) is 9.91. The van der Waals surface area contributed by atoms with Crippen molar-refractivity contribution in [3.05, 3.63) is 30.3 Å². The predicted octanol–water partition coefficient (Wildman–Crippen LogP) is 0.919. The highest BCUT2D eigenvalue weighted by Crippen LogP contribution is 2.58. The first-order valence-electron chi connectivity index (χ1n) is 6.08. The number of hydrogen-bond donors (Lipinski definition) is 2. The largest absolute Gasteiger partial charge is 0.387 e. The Morgan fingerprint density at radius 3 is 2.88 bits per heavy atom. The van der Waals surface area contributed by atoms with Gasteiger partial charge < -0.3 is 15.4 Å². The van der Waals surface area contributed by atoms with E-state index in [1.165, 1.54) is 11.3 Å². The molecule has 91 valence electrons. The molecule has 1 saturated heterocycles. The number of nitrogens with zero attached hydrogens (tertiary/aromatic N) is 1. The molecule has 1 radical (unpaired) electrons. The van der Waals surface area contributed by atoms with E-state index >= 15 is 0 Å². The second kappa shape index (κ2) is 3.60. The van der Waals surface area contributed by atoms with Gasteiger partial charge in [0.2, 0.25) is 0 Å². The van der Waals surface area contributed by atoms with E-state index in [1.807, 2.05) is 0 Å². The highest BCUT2D eigenvalue weighted by atomic mass is 16.5. The van der Waals surface area contributed by atoms with Crippen LogP contribution >= 0.6 is 0 Å². The summed E-state index contributed by atoms with van der Waals surface area (Å²) in [5.41, 5.74) is 8.04. The lowest BCUT2D eigenvalue weighted by molar-refractivity contribution is 0.0505. The minimum Gasteiger partial charge on any atom is -0.387 e. The Labute approximate surface area is 102 Å². The topological polar surface area (TPSA) is 62.3 Å². The summed E-state index contributed by atoms with van der Waals surface area (Å²) in [7, 11) is 0. The third-order valence-corrected chi connectivity index (χ3v) is 3.97. The molecule has 0 amide bonds. The Balaban J connectivity index is 1.92. The molecule has 0 bridgehead atoms. The fourth-order valence-corrected chi connectivity index (χ4v) is 2.89. The van der Waals surface area contributed by atoms with Crippen molar-refractivity contribution in [3.8, 4) is 0 Å². The maximum absolute atomic E-state index is 7.73. The van der Waals surface area contributed by atoms with Gasteiger partial charge in [-0.25, -0.2) is 0 Å². The van der Waals surface area contributed by atoms with Crippen LogP contribution < -0.4 is 5.73 Å². The van der Waals surface area contributed by atoms with E-state index in [0.717, 1.165) is 32.7 Å². The summed E-state index contributed by atoms with van der Waals surface area (Å²) in [6, 6.07) is 0. The molecule has 1 heterocycles. The van der Waals surface area contributed by atoms with Crippen molar-refractivity contribution in [2.45, 2.75) is 6.42 Å². The van der Waals surface area contributed by atoms with Crippen molar-refractivity contribution in [3.63, 3.8) is 0 Å². The van der Waals surface area contributed by atoms with Crippen LogP contribution in [0.15, 0.2) is 23.4 Å². The monoisotopic (exact) mass is 232 g/mol. The average molecular weight is 232 g/mol. The van der Waals surface area contributed by atoms with E-state index in [9.17, 15) is 0 Å². The van der Waals surface area contributed by atoms with Crippen LogP contribution in [-0.4, -0.2) is 37.0 Å². The number of allylic oxidation sites excluding steroid dienone is 1. The zero-order chi connectivity index (χ0) is 12.0. The molecular weight excluding hydrogens is 214 g/mol. The first-order chi connectivity index (χ1) is 8.15. The summed E-state index contributed by atoms with van der Waals surface area (Å²) >= 11 is 0. The number of hydrogen-bond acceptors (Lipinski definition) is 3. The van der Waals surface area contributed by atoms with Crippen molar-refractivity contribution in [2.24, 2.45) is 17.1 Å². The first-order valence-corrected chi connectivity index (χ1v) is 6.08. The van der Waals surface area contributed by atoms with Crippen molar-refractivity contribution >= 4 is 5.84 Å². The molecule has 2 fully saturated rings. The minimum atomic E-state index is -0.262. The molecule has 2 aliphatic carbocycles. The number of ether oxygens (including phenoxy) is 1. The summed E-state index contributed by atoms with van der Waals surface area (Å²) in [6.45, 7) is 7.59. The van der Waals surface area contributed by atoms with Crippen molar-refractivity contribution in [1.82, 2.24) is 4.90 Å². The van der Waals surface area contributed by atoms with E-state index in [2.05, 4.69) is 24.0 Å². The average Bonchev–Trinajstić information content (AvgIpc) is 3.06. The van der Waals surface area contributed by atoms with E-state index < -0.39 is 0 Å². The number of fused-ring (bicyclic) bond motifs is 1. The van der Waals surface area contributed by atoms with Crippen molar-refractivity contribution < 1.29 is 4.74 Å². The van der Waals surface area contributed by atoms with Crippen LogP contribution in [0.2, 0.25) is 0 Å². The third kappa shape index (κ3) is 1.51. The molecule has 17 heavy (non-hydrogen) atoms. The maximum atomic E-state index is 7.73. The SMILES string of the molecule is [CH2]C1C=CC2(C(=N)N)CC2=C1N1CCOCC1. The summed E-state index contributed by atoms with van der Waals surface area (Å²) in [6.07, 6.45) is 5.05. The highest BCUT2D eigenvalue weighted by Gasteiger charge is 2.54. The Hall–Kier alpha value is -1.29. The van der Waals surface area contributed by atoms with E-state index in [1.54, 1.807) is 0 Å².